The van der Waals surface area contributed by atoms with Crippen molar-refractivity contribution >= 4 is 28.8 Å². The quantitative estimate of drug-likeness (QED) is 0.507. The highest BCUT2D eigenvalue weighted by Gasteiger charge is 2.21. The first-order valence-electron chi connectivity index (χ1n) is 5.11. The summed E-state index contributed by atoms with van der Waals surface area (Å²) in [6.07, 6.45) is 1.32. The van der Waals surface area contributed by atoms with Crippen LogP contribution in [-0.2, 0) is 0 Å². The number of nitro groups is 1. The number of rotatable bonds is 3. The summed E-state index contributed by atoms with van der Waals surface area (Å²) < 4.78 is 5.39. The standard InChI is InChI=1S/C11H9ClN4O3/c12-7-2-1-6(5-8(7)13)19-9-3-4-15-11(14)10(9)16(17)18/h1-5H,13H2,(H2,14,15). The van der Waals surface area contributed by atoms with Crippen molar-refractivity contribution in [2.75, 3.05) is 11.5 Å². The van der Waals surface area contributed by atoms with Crippen LogP contribution in [0.2, 0.25) is 5.02 Å². The summed E-state index contributed by atoms with van der Waals surface area (Å²) in [5, 5.41) is 11.3. The smallest absolute Gasteiger partial charge is 0.353 e. The largest absolute Gasteiger partial charge is 0.450 e. The van der Waals surface area contributed by atoms with Gasteiger partial charge < -0.3 is 16.2 Å². The molecule has 0 aliphatic carbocycles. The molecule has 98 valence electrons. The Kier molecular flexibility index (Phi) is 3.39. The molecule has 0 radical (unpaired) electrons. The van der Waals surface area contributed by atoms with Crippen LogP contribution in [0.5, 0.6) is 11.5 Å². The van der Waals surface area contributed by atoms with Gasteiger partial charge in [-0.25, -0.2) is 4.98 Å². The molecule has 1 aromatic carbocycles. The number of aromatic nitrogens is 1. The van der Waals surface area contributed by atoms with Crippen molar-refractivity contribution < 1.29 is 9.66 Å². The van der Waals surface area contributed by atoms with E-state index >= 15 is 0 Å². The lowest BCUT2D eigenvalue weighted by molar-refractivity contribution is -0.384. The van der Waals surface area contributed by atoms with Gasteiger partial charge >= 0.3 is 5.69 Å². The topological polar surface area (TPSA) is 117 Å². The molecule has 0 atom stereocenters. The third-order valence-electron chi connectivity index (χ3n) is 2.29. The van der Waals surface area contributed by atoms with Gasteiger partial charge in [0.1, 0.15) is 5.75 Å². The maximum Gasteiger partial charge on any atom is 0.353 e. The third kappa shape index (κ3) is 2.66. The fraction of sp³-hybridized carbons (Fsp3) is 0. The van der Waals surface area contributed by atoms with Gasteiger partial charge in [-0.3, -0.25) is 10.1 Å². The molecule has 19 heavy (non-hydrogen) atoms. The van der Waals surface area contributed by atoms with Crippen molar-refractivity contribution in [3.63, 3.8) is 0 Å². The minimum absolute atomic E-state index is 0.0146. The first-order valence-corrected chi connectivity index (χ1v) is 5.48. The highest BCUT2D eigenvalue weighted by molar-refractivity contribution is 6.33. The Labute approximate surface area is 112 Å². The summed E-state index contributed by atoms with van der Waals surface area (Å²) >= 11 is 5.77. The Morgan fingerprint density at radius 2 is 2.05 bits per heavy atom. The fourth-order valence-corrected chi connectivity index (χ4v) is 1.55. The summed E-state index contributed by atoms with van der Waals surface area (Å²) in [5.41, 5.74) is 11.0. The normalized spacial score (nSPS) is 10.2. The molecule has 7 nitrogen and oxygen atoms in total. The van der Waals surface area contributed by atoms with Gasteiger partial charge in [-0.2, -0.15) is 0 Å². The Morgan fingerprint density at radius 3 is 2.68 bits per heavy atom. The molecule has 1 heterocycles. The first-order chi connectivity index (χ1) is 8.99. The molecule has 0 spiro atoms. The van der Waals surface area contributed by atoms with E-state index in [-0.39, 0.29) is 11.6 Å². The number of pyridine rings is 1. The zero-order valence-corrected chi connectivity index (χ0v) is 10.3. The number of nitrogens with two attached hydrogens (primary N) is 2. The lowest BCUT2D eigenvalue weighted by Gasteiger charge is -2.08. The number of hydrogen-bond acceptors (Lipinski definition) is 6. The Balaban J connectivity index is 2.40. The highest BCUT2D eigenvalue weighted by atomic mass is 35.5. The maximum atomic E-state index is 10.9. The molecule has 0 saturated carbocycles. The van der Waals surface area contributed by atoms with Crippen LogP contribution in [0.15, 0.2) is 30.5 Å². The Hall–Kier alpha value is -2.54. The molecular weight excluding hydrogens is 272 g/mol. The van der Waals surface area contributed by atoms with E-state index in [1.165, 1.54) is 24.4 Å². The van der Waals surface area contributed by atoms with Gasteiger partial charge in [0.15, 0.2) is 0 Å². The summed E-state index contributed by atoms with van der Waals surface area (Å²) in [5.74, 6) is 0.0826. The molecule has 2 rings (SSSR count). The van der Waals surface area contributed by atoms with Crippen LogP contribution in [0.1, 0.15) is 0 Å². The maximum absolute atomic E-state index is 10.9. The van der Waals surface area contributed by atoms with Gasteiger partial charge in [-0.1, -0.05) is 11.6 Å². The summed E-state index contributed by atoms with van der Waals surface area (Å²) in [6.45, 7) is 0. The van der Waals surface area contributed by atoms with E-state index in [4.69, 9.17) is 27.8 Å². The number of ether oxygens (including phenoxy) is 1. The number of nitrogens with zero attached hydrogens (tertiary/aromatic N) is 2. The van der Waals surface area contributed by atoms with E-state index in [1.807, 2.05) is 0 Å². The lowest BCUT2D eigenvalue weighted by atomic mass is 10.3. The zero-order chi connectivity index (χ0) is 14.0. The van der Waals surface area contributed by atoms with Crippen LogP contribution in [0, 0.1) is 10.1 Å². The van der Waals surface area contributed by atoms with Crippen molar-refractivity contribution in [3.05, 3.63) is 45.6 Å². The van der Waals surface area contributed by atoms with Crippen molar-refractivity contribution in [3.8, 4) is 11.5 Å². The van der Waals surface area contributed by atoms with E-state index in [0.717, 1.165) is 0 Å². The molecule has 1 aromatic heterocycles. The van der Waals surface area contributed by atoms with Crippen LogP contribution >= 0.6 is 11.6 Å². The SMILES string of the molecule is Nc1cc(Oc2ccnc(N)c2[N+](=O)[O-])ccc1Cl. The number of hydrogen-bond donors (Lipinski definition) is 2. The molecule has 0 saturated heterocycles. The van der Waals surface area contributed by atoms with Gasteiger partial charge in [0.2, 0.25) is 11.6 Å². The van der Waals surface area contributed by atoms with Crippen molar-refractivity contribution in [1.29, 1.82) is 0 Å². The van der Waals surface area contributed by atoms with Crippen LogP contribution < -0.4 is 16.2 Å². The van der Waals surface area contributed by atoms with Crippen molar-refractivity contribution in [2.45, 2.75) is 0 Å². The van der Waals surface area contributed by atoms with Gasteiger partial charge in [0, 0.05) is 18.3 Å². The number of anilines is 2. The monoisotopic (exact) mass is 280 g/mol. The highest BCUT2D eigenvalue weighted by Crippen LogP contribution is 2.35. The molecule has 0 fully saturated rings. The molecule has 8 heteroatoms. The fourth-order valence-electron chi connectivity index (χ4n) is 1.43. The lowest BCUT2D eigenvalue weighted by Crippen LogP contribution is -2.00. The number of nitrogen functional groups attached to an aromatic ring is 2. The van der Waals surface area contributed by atoms with E-state index in [2.05, 4.69) is 4.98 Å². The second kappa shape index (κ2) is 4.99. The van der Waals surface area contributed by atoms with E-state index in [0.29, 0.717) is 16.5 Å². The molecule has 4 N–H and O–H groups in total. The van der Waals surface area contributed by atoms with Crippen molar-refractivity contribution in [1.82, 2.24) is 4.98 Å². The molecule has 0 aliphatic rings. The third-order valence-corrected chi connectivity index (χ3v) is 2.64. The minimum Gasteiger partial charge on any atom is -0.450 e. The minimum atomic E-state index is -0.656. The van der Waals surface area contributed by atoms with Gasteiger partial charge in [-0.05, 0) is 12.1 Å². The second-order valence-corrected chi connectivity index (χ2v) is 3.99. The second-order valence-electron chi connectivity index (χ2n) is 3.59. The van der Waals surface area contributed by atoms with Gasteiger partial charge in [0.25, 0.3) is 0 Å². The molecule has 0 amide bonds. The Bertz CT molecular complexity index is 648. The van der Waals surface area contributed by atoms with Crippen LogP contribution in [0.3, 0.4) is 0 Å². The molecule has 2 aromatic rings. The predicted molar refractivity (Wildman–Crippen MR) is 71.2 cm³/mol. The van der Waals surface area contributed by atoms with Crippen molar-refractivity contribution in [2.24, 2.45) is 0 Å². The summed E-state index contributed by atoms with van der Waals surface area (Å²) in [4.78, 5) is 13.9. The summed E-state index contributed by atoms with van der Waals surface area (Å²) in [6, 6.07) is 5.88. The summed E-state index contributed by atoms with van der Waals surface area (Å²) in [7, 11) is 0. The van der Waals surface area contributed by atoms with Crippen LogP contribution in [0.4, 0.5) is 17.2 Å². The predicted octanol–water partition coefficient (Wildman–Crippen LogP) is 2.60. The average Bonchev–Trinajstić information content (AvgIpc) is 2.33. The number of benzene rings is 1. The van der Waals surface area contributed by atoms with Gasteiger partial charge in [-0.15, -0.1) is 0 Å². The van der Waals surface area contributed by atoms with Crippen LogP contribution in [-0.4, -0.2) is 9.91 Å². The van der Waals surface area contributed by atoms with Crippen LogP contribution in [0.25, 0.3) is 0 Å². The Morgan fingerprint density at radius 1 is 1.32 bits per heavy atom. The van der Waals surface area contributed by atoms with E-state index in [9.17, 15) is 10.1 Å². The zero-order valence-electron chi connectivity index (χ0n) is 9.54. The van der Waals surface area contributed by atoms with Gasteiger partial charge in [0.05, 0.1) is 15.6 Å². The molecular formula is C11H9ClN4O3. The van der Waals surface area contributed by atoms with E-state index in [1.54, 1.807) is 6.07 Å². The molecule has 0 bridgehead atoms. The van der Waals surface area contributed by atoms with E-state index < -0.39 is 10.6 Å². The molecule has 0 unspecified atom stereocenters. The first kappa shape index (κ1) is 12.9. The number of halogens is 1. The average molecular weight is 281 g/mol. The molecule has 0 aliphatic heterocycles.